The molecule has 3 aromatic rings. The Morgan fingerprint density at radius 1 is 1.30 bits per heavy atom. The number of benzene rings is 1. The van der Waals surface area contributed by atoms with E-state index in [-0.39, 0.29) is 10.0 Å². The van der Waals surface area contributed by atoms with Crippen molar-refractivity contribution in [3.63, 3.8) is 0 Å². The third-order valence-electron chi connectivity index (χ3n) is 2.56. The number of nitrogens with zero attached hydrogens (tertiary/aromatic N) is 4. The molecule has 2 heterocycles. The van der Waals surface area contributed by atoms with E-state index in [9.17, 15) is 4.39 Å². The Morgan fingerprint density at radius 3 is 2.95 bits per heavy atom. The molecule has 2 aromatic heterocycles. The van der Waals surface area contributed by atoms with Crippen LogP contribution < -0.4 is 0 Å². The van der Waals surface area contributed by atoms with Crippen LogP contribution in [-0.2, 0) is 0 Å². The highest BCUT2D eigenvalue weighted by Gasteiger charge is 2.15. The molecule has 1 aromatic carbocycles. The lowest BCUT2D eigenvalue weighted by Gasteiger charge is -2.05. The third-order valence-corrected chi connectivity index (χ3v) is 4.38. The maximum atomic E-state index is 14.2. The summed E-state index contributed by atoms with van der Waals surface area (Å²) in [4.78, 5) is 15.4. The molecule has 0 bridgehead atoms. The van der Waals surface area contributed by atoms with Crippen molar-refractivity contribution in [1.29, 1.82) is 5.26 Å². The molecule has 3 rings (SSSR count). The van der Waals surface area contributed by atoms with Crippen molar-refractivity contribution >= 4 is 38.9 Å². The van der Waals surface area contributed by atoms with Crippen LogP contribution in [0.4, 0.5) is 4.39 Å². The minimum absolute atomic E-state index is 0.153. The maximum absolute atomic E-state index is 14.2. The van der Waals surface area contributed by atoms with Crippen molar-refractivity contribution in [1.82, 2.24) is 19.9 Å². The summed E-state index contributed by atoms with van der Waals surface area (Å²) in [6.07, 6.45) is 2.89. The Kier molecular flexibility index (Phi) is 3.38. The van der Waals surface area contributed by atoms with Gasteiger partial charge in [-0.1, -0.05) is 11.8 Å². The van der Waals surface area contributed by atoms with Gasteiger partial charge in [-0.25, -0.2) is 19.3 Å². The first-order valence-electron chi connectivity index (χ1n) is 5.40. The molecule has 1 N–H and O–H groups in total. The fraction of sp³-hybridized carbons (Fsp3) is 0. The number of nitrogens with one attached hydrogen (secondary N) is 1. The summed E-state index contributed by atoms with van der Waals surface area (Å²) < 4.78 is 14.3. The standard InChI is InChI=1S/C12H5BrFN5S/c13-8-6(3-15)1-2-7(9(8)14)20-12-10-11(17-4-16-10)18-5-19-12/h1-2,4-5H,(H,16,17,18,19). The number of hydrogen-bond donors (Lipinski definition) is 1. The molecule has 0 amide bonds. The number of imidazole rings is 1. The predicted molar refractivity (Wildman–Crippen MR) is 74.6 cm³/mol. The van der Waals surface area contributed by atoms with Gasteiger partial charge in [0.25, 0.3) is 0 Å². The number of hydrogen-bond acceptors (Lipinski definition) is 5. The van der Waals surface area contributed by atoms with E-state index in [1.54, 1.807) is 12.1 Å². The maximum Gasteiger partial charge on any atom is 0.181 e. The molecule has 0 spiro atoms. The molecule has 0 saturated heterocycles. The van der Waals surface area contributed by atoms with Gasteiger partial charge in [0.05, 0.1) is 21.3 Å². The summed E-state index contributed by atoms with van der Waals surface area (Å²) >= 11 is 4.23. The van der Waals surface area contributed by atoms with E-state index in [1.165, 1.54) is 12.7 Å². The number of aromatic nitrogens is 4. The molecular formula is C12H5BrFN5S. The minimum atomic E-state index is -0.486. The number of aromatic amines is 1. The second-order valence-electron chi connectivity index (χ2n) is 3.73. The van der Waals surface area contributed by atoms with E-state index in [0.29, 0.717) is 21.1 Å². The van der Waals surface area contributed by atoms with Crippen molar-refractivity contribution < 1.29 is 4.39 Å². The quantitative estimate of drug-likeness (QED) is 0.718. The first-order valence-corrected chi connectivity index (χ1v) is 7.01. The Hall–Kier alpha value is -1.98. The molecule has 20 heavy (non-hydrogen) atoms. The normalized spacial score (nSPS) is 10.7. The average Bonchev–Trinajstić information content (AvgIpc) is 2.93. The molecule has 0 aliphatic carbocycles. The molecule has 0 fully saturated rings. The van der Waals surface area contributed by atoms with Crippen LogP contribution >= 0.6 is 27.7 Å². The van der Waals surface area contributed by atoms with Gasteiger partial charge in [0.1, 0.15) is 22.9 Å². The van der Waals surface area contributed by atoms with Gasteiger partial charge in [0.2, 0.25) is 0 Å². The van der Waals surface area contributed by atoms with Gasteiger partial charge in [-0.15, -0.1) is 0 Å². The van der Waals surface area contributed by atoms with E-state index in [4.69, 9.17) is 5.26 Å². The largest absolute Gasteiger partial charge is 0.341 e. The Balaban J connectivity index is 2.06. The van der Waals surface area contributed by atoms with Crippen LogP contribution in [0, 0.1) is 17.1 Å². The summed E-state index contributed by atoms with van der Waals surface area (Å²) in [7, 11) is 0. The van der Waals surface area contributed by atoms with Crippen molar-refractivity contribution in [2.24, 2.45) is 0 Å². The molecule has 5 nitrogen and oxygen atoms in total. The lowest BCUT2D eigenvalue weighted by Crippen LogP contribution is -1.90. The van der Waals surface area contributed by atoms with E-state index >= 15 is 0 Å². The summed E-state index contributed by atoms with van der Waals surface area (Å²) in [6.45, 7) is 0. The van der Waals surface area contributed by atoms with Gasteiger partial charge in [-0.3, -0.25) is 0 Å². The summed E-state index contributed by atoms with van der Waals surface area (Å²) in [5.74, 6) is -0.486. The lowest BCUT2D eigenvalue weighted by atomic mass is 10.2. The number of nitriles is 1. The molecule has 0 saturated carbocycles. The number of rotatable bonds is 2. The second-order valence-corrected chi connectivity index (χ2v) is 5.56. The van der Waals surface area contributed by atoms with E-state index < -0.39 is 5.82 Å². The zero-order chi connectivity index (χ0) is 14.1. The molecular weight excluding hydrogens is 345 g/mol. The van der Waals surface area contributed by atoms with Crippen molar-refractivity contribution in [3.05, 3.63) is 40.6 Å². The fourth-order valence-electron chi connectivity index (χ4n) is 1.62. The van der Waals surface area contributed by atoms with Crippen LogP contribution in [-0.4, -0.2) is 19.9 Å². The van der Waals surface area contributed by atoms with E-state index in [2.05, 4.69) is 35.9 Å². The lowest BCUT2D eigenvalue weighted by molar-refractivity contribution is 0.594. The van der Waals surface area contributed by atoms with Gasteiger partial charge in [0, 0.05) is 0 Å². The van der Waals surface area contributed by atoms with Gasteiger partial charge < -0.3 is 4.98 Å². The predicted octanol–water partition coefficient (Wildman–Crippen LogP) is 3.28. The highest BCUT2D eigenvalue weighted by molar-refractivity contribution is 9.10. The van der Waals surface area contributed by atoms with Crippen LogP contribution in [0.25, 0.3) is 11.2 Å². The SMILES string of the molecule is N#Cc1ccc(Sc2ncnc3nc[nH]c23)c(F)c1Br. The molecule has 0 aliphatic heterocycles. The molecule has 0 aliphatic rings. The van der Waals surface area contributed by atoms with E-state index in [1.807, 2.05) is 6.07 Å². The monoisotopic (exact) mass is 349 g/mol. The number of fused-ring (bicyclic) bond motifs is 1. The summed E-state index contributed by atoms with van der Waals surface area (Å²) in [5.41, 5.74) is 1.43. The van der Waals surface area contributed by atoms with Gasteiger partial charge in [-0.2, -0.15) is 5.26 Å². The Labute approximate surface area is 125 Å². The molecule has 8 heteroatoms. The van der Waals surface area contributed by atoms with Crippen LogP contribution in [0.5, 0.6) is 0 Å². The molecule has 0 atom stereocenters. The first-order chi connectivity index (χ1) is 9.70. The van der Waals surface area contributed by atoms with Crippen molar-refractivity contribution in [3.8, 4) is 6.07 Å². The van der Waals surface area contributed by atoms with Crippen LogP contribution in [0.2, 0.25) is 0 Å². The first kappa shape index (κ1) is 13.0. The smallest absolute Gasteiger partial charge is 0.181 e. The third kappa shape index (κ3) is 2.15. The van der Waals surface area contributed by atoms with Gasteiger partial charge in [0.15, 0.2) is 11.5 Å². The van der Waals surface area contributed by atoms with Crippen LogP contribution in [0.15, 0.2) is 39.2 Å². The van der Waals surface area contributed by atoms with E-state index in [0.717, 1.165) is 11.8 Å². The fourth-order valence-corrected chi connectivity index (χ4v) is 3.08. The molecule has 98 valence electrons. The number of halogens is 2. The van der Waals surface area contributed by atoms with Gasteiger partial charge >= 0.3 is 0 Å². The highest BCUT2D eigenvalue weighted by Crippen LogP contribution is 2.35. The zero-order valence-electron chi connectivity index (χ0n) is 9.76. The van der Waals surface area contributed by atoms with Gasteiger partial charge in [-0.05, 0) is 28.1 Å². The summed E-state index contributed by atoms with van der Waals surface area (Å²) in [5, 5.41) is 9.42. The molecule has 0 unspecified atom stereocenters. The molecule has 0 radical (unpaired) electrons. The Bertz CT molecular complexity index is 841. The van der Waals surface area contributed by atoms with Crippen molar-refractivity contribution in [2.45, 2.75) is 9.92 Å². The second kappa shape index (κ2) is 5.19. The average molecular weight is 350 g/mol. The van der Waals surface area contributed by atoms with Crippen LogP contribution in [0.1, 0.15) is 5.56 Å². The topological polar surface area (TPSA) is 78.2 Å². The highest BCUT2D eigenvalue weighted by atomic mass is 79.9. The zero-order valence-corrected chi connectivity index (χ0v) is 12.2. The Morgan fingerprint density at radius 2 is 2.15 bits per heavy atom. The summed E-state index contributed by atoms with van der Waals surface area (Å²) in [6, 6.07) is 5.02. The number of H-pyrrole nitrogens is 1. The van der Waals surface area contributed by atoms with Crippen LogP contribution in [0.3, 0.4) is 0 Å². The van der Waals surface area contributed by atoms with Crippen molar-refractivity contribution in [2.75, 3.05) is 0 Å². The minimum Gasteiger partial charge on any atom is -0.341 e.